The highest BCUT2D eigenvalue weighted by Crippen LogP contribution is 2.41. The molecule has 2 amide bonds. The SMILES string of the molecule is COC(=O)N[C@H](C(=O)N1CCC[C@H]1c1nc2c(o1)CCOc1cc(-c3ccc(-c4cnc(C5CCCC5)[nH]4)cc3)ccc1-2)C(C)C. The summed E-state index contributed by atoms with van der Waals surface area (Å²) >= 11 is 0. The molecule has 4 heterocycles. The molecular formula is C36H41N5O5. The number of hydrogen-bond acceptors (Lipinski definition) is 7. The van der Waals surface area contributed by atoms with Crippen LogP contribution in [-0.2, 0) is 16.0 Å². The number of aromatic amines is 1. The number of benzene rings is 2. The predicted molar refractivity (Wildman–Crippen MR) is 173 cm³/mol. The zero-order chi connectivity index (χ0) is 31.8. The van der Waals surface area contributed by atoms with Gasteiger partial charge in [0.15, 0.2) is 0 Å². The first-order valence-electron chi connectivity index (χ1n) is 16.5. The number of H-pyrrole nitrogens is 1. The van der Waals surface area contributed by atoms with Crippen LogP contribution in [0.25, 0.3) is 33.6 Å². The molecule has 0 bridgehead atoms. The van der Waals surface area contributed by atoms with E-state index in [9.17, 15) is 9.59 Å². The molecule has 46 heavy (non-hydrogen) atoms. The van der Waals surface area contributed by atoms with Gasteiger partial charge in [0, 0.05) is 24.4 Å². The number of aromatic nitrogens is 3. The molecule has 2 aromatic heterocycles. The van der Waals surface area contributed by atoms with Gasteiger partial charge in [0.05, 0.1) is 25.6 Å². The second-order valence-electron chi connectivity index (χ2n) is 12.9. The topological polar surface area (TPSA) is 123 Å². The van der Waals surface area contributed by atoms with E-state index in [1.165, 1.54) is 32.8 Å². The molecule has 2 aromatic carbocycles. The lowest BCUT2D eigenvalue weighted by Crippen LogP contribution is -2.51. The molecule has 1 aliphatic carbocycles. The van der Waals surface area contributed by atoms with Crippen LogP contribution in [0.2, 0.25) is 0 Å². The van der Waals surface area contributed by atoms with Crippen LogP contribution in [0.15, 0.2) is 53.1 Å². The molecule has 0 unspecified atom stereocenters. The quantitative estimate of drug-likeness (QED) is 0.226. The van der Waals surface area contributed by atoms with Crippen molar-refractivity contribution in [1.82, 2.24) is 25.2 Å². The molecule has 3 aliphatic rings. The van der Waals surface area contributed by atoms with Crippen LogP contribution in [0.3, 0.4) is 0 Å². The van der Waals surface area contributed by atoms with Crippen molar-refractivity contribution in [1.29, 1.82) is 0 Å². The van der Waals surface area contributed by atoms with Crippen LogP contribution in [0.5, 0.6) is 5.75 Å². The van der Waals surface area contributed by atoms with Crippen molar-refractivity contribution in [2.75, 3.05) is 20.3 Å². The van der Waals surface area contributed by atoms with Gasteiger partial charge in [-0.15, -0.1) is 0 Å². The molecular weight excluding hydrogens is 582 g/mol. The van der Waals surface area contributed by atoms with Gasteiger partial charge in [0.25, 0.3) is 0 Å². The number of ether oxygens (including phenoxy) is 2. The Balaban J connectivity index is 1.11. The van der Waals surface area contributed by atoms with Gasteiger partial charge in [-0.1, -0.05) is 57.0 Å². The largest absolute Gasteiger partial charge is 0.492 e. The van der Waals surface area contributed by atoms with Crippen molar-refractivity contribution in [2.24, 2.45) is 5.92 Å². The third-order valence-electron chi connectivity index (χ3n) is 9.62. The number of likely N-dealkylation sites (tertiary alicyclic amines) is 1. The van der Waals surface area contributed by atoms with E-state index in [1.807, 2.05) is 26.1 Å². The highest BCUT2D eigenvalue weighted by Gasteiger charge is 2.39. The van der Waals surface area contributed by atoms with Gasteiger partial charge in [0.2, 0.25) is 11.8 Å². The minimum Gasteiger partial charge on any atom is -0.492 e. The summed E-state index contributed by atoms with van der Waals surface area (Å²) in [6, 6.07) is 13.7. The van der Waals surface area contributed by atoms with E-state index < -0.39 is 12.1 Å². The Labute approximate surface area is 268 Å². The number of imidazole rings is 1. The van der Waals surface area contributed by atoms with Crippen LogP contribution in [0.4, 0.5) is 4.79 Å². The lowest BCUT2D eigenvalue weighted by molar-refractivity contribution is -0.135. The lowest BCUT2D eigenvalue weighted by atomic mass is 10.00. The summed E-state index contributed by atoms with van der Waals surface area (Å²) in [5.41, 5.74) is 5.95. The molecule has 10 nitrogen and oxygen atoms in total. The molecule has 1 saturated carbocycles. The lowest BCUT2D eigenvalue weighted by Gasteiger charge is -2.29. The van der Waals surface area contributed by atoms with E-state index in [4.69, 9.17) is 18.9 Å². The Morgan fingerprint density at radius 2 is 1.78 bits per heavy atom. The third kappa shape index (κ3) is 5.76. The van der Waals surface area contributed by atoms with E-state index >= 15 is 0 Å². The minimum absolute atomic E-state index is 0.108. The van der Waals surface area contributed by atoms with Crippen molar-refractivity contribution in [3.05, 3.63) is 66.1 Å². The maximum atomic E-state index is 13.6. The first kappa shape index (κ1) is 30.1. The van der Waals surface area contributed by atoms with Gasteiger partial charge < -0.3 is 29.1 Å². The first-order valence-corrected chi connectivity index (χ1v) is 16.5. The Hall–Kier alpha value is -4.60. The van der Waals surface area contributed by atoms with Crippen LogP contribution >= 0.6 is 0 Å². The number of carbonyl (C=O) groups excluding carboxylic acids is 2. The Kier molecular flexibility index (Phi) is 8.27. The van der Waals surface area contributed by atoms with E-state index in [1.54, 1.807) is 4.90 Å². The summed E-state index contributed by atoms with van der Waals surface area (Å²) in [5, 5.41) is 2.70. The summed E-state index contributed by atoms with van der Waals surface area (Å²) in [7, 11) is 1.30. The maximum absolute atomic E-state index is 13.6. The number of rotatable bonds is 7. The molecule has 2 atom stereocenters. The van der Waals surface area contributed by atoms with Crippen molar-refractivity contribution < 1.29 is 23.5 Å². The van der Waals surface area contributed by atoms with E-state index in [0.717, 1.165) is 63.8 Å². The number of hydrogen-bond donors (Lipinski definition) is 2. The van der Waals surface area contributed by atoms with E-state index in [-0.39, 0.29) is 17.9 Å². The number of alkyl carbamates (subject to hydrolysis) is 1. The highest BCUT2D eigenvalue weighted by molar-refractivity contribution is 5.86. The Morgan fingerprint density at radius 3 is 2.54 bits per heavy atom. The summed E-state index contributed by atoms with van der Waals surface area (Å²) in [6.07, 6.45) is 8.49. The number of amides is 2. The van der Waals surface area contributed by atoms with Crippen molar-refractivity contribution in [2.45, 2.75) is 76.8 Å². The summed E-state index contributed by atoms with van der Waals surface area (Å²) in [4.78, 5) is 40.5. The molecule has 0 spiro atoms. The first-order chi connectivity index (χ1) is 22.4. The second-order valence-corrected chi connectivity index (χ2v) is 12.9. The molecule has 1 saturated heterocycles. The Bertz CT molecular complexity index is 1720. The maximum Gasteiger partial charge on any atom is 0.407 e. The van der Waals surface area contributed by atoms with E-state index in [2.05, 4.69) is 51.7 Å². The predicted octanol–water partition coefficient (Wildman–Crippen LogP) is 7.04. The standard InChI is InChI=1S/C36H41N5O5/c1-21(2)31(40-36(43)44-3)35(42)41-17-6-9-28(41)34-39-32-26-15-14-25(19-30(26)45-18-16-29(32)46-34)22-10-12-23(13-11-22)27-20-37-33(38-27)24-7-4-5-8-24/h10-15,19-21,24,28,31H,4-9,16-18H2,1-3H3,(H,37,38)(H,40,43)/t28-,31-/m0/s1. The number of methoxy groups -OCH3 is 1. The number of nitrogens with one attached hydrogen (secondary N) is 2. The molecule has 7 rings (SSSR count). The smallest absolute Gasteiger partial charge is 0.407 e. The molecule has 2 N–H and O–H groups in total. The number of oxazole rings is 1. The zero-order valence-electron chi connectivity index (χ0n) is 26.7. The fourth-order valence-electron chi connectivity index (χ4n) is 7.06. The molecule has 240 valence electrons. The van der Waals surface area contributed by atoms with Crippen LogP contribution < -0.4 is 10.1 Å². The number of carbonyl (C=O) groups is 2. The molecule has 0 radical (unpaired) electrons. The normalized spacial score (nSPS) is 18.5. The van der Waals surface area contributed by atoms with Crippen molar-refractivity contribution >= 4 is 12.0 Å². The van der Waals surface area contributed by atoms with Gasteiger partial charge in [-0.05, 0) is 60.4 Å². The molecule has 10 heteroatoms. The molecule has 2 aliphatic heterocycles. The summed E-state index contributed by atoms with van der Waals surface area (Å²) in [5.74, 6) is 3.45. The average Bonchev–Trinajstić information content (AvgIpc) is 3.89. The van der Waals surface area contributed by atoms with Crippen molar-refractivity contribution in [3.8, 4) is 39.4 Å². The average molecular weight is 624 g/mol. The van der Waals surface area contributed by atoms with Gasteiger partial charge in [0.1, 0.15) is 35.1 Å². The van der Waals surface area contributed by atoms with Gasteiger partial charge in [-0.2, -0.15) is 0 Å². The monoisotopic (exact) mass is 623 g/mol. The highest BCUT2D eigenvalue weighted by atomic mass is 16.5. The zero-order valence-corrected chi connectivity index (χ0v) is 26.7. The minimum atomic E-state index is -0.698. The molecule has 4 aromatic rings. The molecule has 2 fully saturated rings. The van der Waals surface area contributed by atoms with E-state index in [0.29, 0.717) is 31.4 Å². The fourth-order valence-corrected chi connectivity index (χ4v) is 7.06. The van der Waals surface area contributed by atoms with Crippen LogP contribution in [0.1, 0.15) is 81.8 Å². The van der Waals surface area contributed by atoms with Gasteiger partial charge in [-0.25, -0.2) is 14.8 Å². The van der Waals surface area contributed by atoms with Crippen molar-refractivity contribution in [3.63, 3.8) is 0 Å². The fraction of sp³-hybridized carbons (Fsp3) is 0.444. The number of fused-ring (bicyclic) bond motifs is 3. The third-order valence-corrected chi connectivity index (χ3v) is 9.62. The summed E-state index contributed by atoms with van der Waals surface area (Å²) < 4.78 is 17.3. The van der Waals surface area contributed by atoms with Gasteiger partial charge >= 0.3 is 6.09 Å². The van der Waals surface area contributed by atoms with Crippen LogP contribution in [-0.4, -0.2) is 58.2 Å². The number of nitrogens with zero attached hydrogens (tertiary/aromatic N) is 3. The Morgan fingerprint density at radius 1 is 1.02 bits per heavy atom. The van der Waals surface area contributed by atoms with Crippen LogP contribution in [0, 0.1) is 5.92 Å². The van der Waals surface area contributed by atoms with Gasteiger partial charge in [-0.3, -0.25) is 4.79 Å². The summed E-state index contributed by atoms with van der Waals surface area (Å²) in [6.45, 7) is 4.85. The second kappa shape index (κ2) is 12.7.